The molecule has 3 heterocycles. The fourth-order valence-electron chi connectivity index (χ4n) is 4.20. The zero-order chi connectivity index (χ0) is 22.2. The summed E-state index contributed by atoms with van der Waals surface area (Å²) in [6, 6.07) is 12.3. The average molecular weight is 436 g/mol. The summed E-state index contributed by atoms with van der Waals surface area (Å²) < 4.78 is 43.0. The van der Waals surface area contributed by atoms with Gasteiger partial charge < -0.3 is 10.2 Å². The number of benzene rings is 2. The van der Waals surface area contributed by atoms with Crippen LogP contribution in [-0.4, -0.2) is 21.8 Å². The highest BCUT2D eigenvalue weighted by Crippen LogP contribution is 2.37. The number of carbonyl (C=O) groups excluding carboxylic acids is 1. The molecule has 0 radical (unpaired) electrons. The summed E-state index contributed by atoms with van der Waals surface area (Å²) in [5.74, 6) is -1.70. The van der Waals surface area contributed by atoms with Crippen molar-refractivity contribution in [3.8, 4) is 0 Å². The number of nitrogens with one attached hydrogen (secondary N) is 1. The minimum Gasteiger partial charge on any atom is -0.363 e. The molecule has 1 fully saturated rings. The summed E-state index contributed by atoms with van der Waals surface area (Å²) in [6.07, 6.45) is 4.77. The molecule has 5 rings (SSSR count). The first-order valence-electron chi connectivity index (χ1n) is 10.3. The van der Waals surface area contributed by atoms with Gasteiger partial charge in [-0.3, -0.25) is 9.20 Å². The van der Waals surface area contributed by atoms with Gasteiger partial charge in [0.1, 0.15) is 28.8 Å². The van der Waals surface area contributed by atoms with Crippen LogP contribution in [0.2, 0.25) is 0 Å². The molecule has 1 aliphatic heterocycles. The standard InChI is InChI=1S/C24H19F3N4O/c25-15-3-6-17(7-4-15)29-24(32)22-13-28-23-10-8-18(14-31(22)23)30-11-1-2-21(30)19-12-16(26)5-9-20(19)27/h3-10,12-14,21H,1-2,11H2,(H,29,32). The quantitative estimate of drug-likeness (QED) is 0.470. The van der Waals surface area contributed by atoms with Gasteiger partial charge >= 0.3 is 0 Å². The van der Waals surface area contributed by atoms with Crippen LogP contribution >= 0.6 is 0 Å². The van der Waals surface area contributed by atoms with E-state index in [-0.39, 0.29) is 6.04 Å². The third-order valence-electron chi connectivity index (χ3n) is 5.73. The van der Waals surface area contributed by atoms with Gasteiger partial charge in [0.15, 0.2) is 0 Å². The lowest BCUT2D eigenvalue weighted by molar-refractivity contribution is 0.102. The molecule has 8 heteroatoms. The molecule has 1 atom stereocenters. The van der Waals surface area contributed by atoms with E-state index in [0.29, 0.717) is 35.6 Å². The minimum absolute atomic E-state index is 0.303. The maximum absolute atomic E-state index is 14.4. The van der Waals surface area contributed by atoms with Crippen LogP contribution in [0.5, 0.6) is 0 Å². The number of imidazole rings is 1. The Balaban J connectivity index is 1.47. The lowest BCUT2D eigenvalue weighted by Gasteiger charge is -2.27. The molecule has 1 saturated heterocycles. The summed E-state index contributed by atoms with van der Waals surface area (Å²) >= 11 is 0. The molecule has 0 spiro atoms. The van der Waals surface area contributed by atoms with E-state index in [2.05, 4.69) is 10.3 Å². The molecule has 2 aromatic carbocycles. The molecule has 5 nitrogen and oxygen atoms in total. The molecule has 2 aromatic heterocycles. The van der Waals surface area contributed by atoms with E-state index in [1.165, 1.54) is 36.5 Å². The van der Waals surface area contributed by atoms with Crippen molar-refractivity contribution in [3.05, 3.63) is 95.7 Å². The summed E-state index contributed by atoms with van der Waals surface area (Å²) in [5.41, 5.74) is 2.44. The van der Waals surface area contributed by atoms with Crippen LogP contribution in [-0.2, 0) is 0 Å². The lowest BCUT2D eigenvalue weighted by Crippen LogP contribution is -2.24. The molecule has 4 aromatic rings. The van der Waals surface area contributed by atoms with Gasteiger partial charge in [-0.2, -0.15) is 0 Å². The van der Waals surface area contributed by atoms with Crippen molar-refractivity contribution in [3.63, 3.8) is 0 Å². The molecule has 1 N–H and O–H groups in total. The van der Waals surface area contributed by atoms with Crippen LogP contribution < -0.4 is 10.2 Å². The van der Waals surface area contributed by atoms with Crippen LogP contribution in [0.1, 0.15) is 34.9 Å². The molecule has 32 heavy (non-hydrogen) atoms. The third kappa shape index (κ3) is 3.68. The number of nitrogens with zero attached hydrogens (tertiary/aromatic N) is 3. The predicted octanol–water partition coefficient (Wildman–Crippen LogP) is 5.35. The molecule has 0 saturated carbocycles. The predicted molar refractivity (Wildman–Crippen MR) is 115 cm³/mol. The van der Waals surface area contributed by atoms with Crippen LogP contribution in [0.15, 0.2) is 67.0 Å². The van der Waals surface area contributed by atoms with Crippen molar-refractivity contribution in [2.24, 2.45) is 0 Å². The number of rotatable bonds is 4. The van der Waals surface area contributed by atoms with Gasteiger partial charge in [-0.05, 0) is 67.4 Å². The van der Waals surface area contributed by atoms with Gasteiger partial charge in [0.25, 0.3) is 5.91 Å². The zero-order valence-corrected chi connectivity index (χ0v) is 16.9. The molecule has 1 unspecified atom stereocenters. The van der Waals surface area contributed by atoms with Crippen molar-refractivity contribution in [1.29, 1.82) is 0 Å². The van der Waals surface area contributed by atoms with Gasteiger partial charge in [0.05, 0.1) is 17.9 Å². The topological polar surface area (TPSA) is 49.6 Å². The number of pyridine rings is 1. The Hall–Kier alpha value is -3.81. The average Bonchev–Trinajstić information content (AvgIpc) is 3.43. The van der Waals surface area contributed by atoms with Gasteiger partial charge in [-0.15, -0.1) is 0 Å². The largest absolute Gasteiger partial charge is 0.363 e. The van der Waals surface area contributed by atoms with Crippen LogP contribution in [0.3, 0.4) is 0 Å². The fourth-order valence-corrected chi connectivity index (χ4v) is 4.20. The number of hydrogen-bond acceptors (Lipinski definition) is 3. The van der Waals surface area contributed by atoms with Gasteiger partial charge in [-0.25, -0.2) is 18.2 Å². The number of hydrogen-bond donors (Lipinski definition) is 1. The van der Waals surface area contributed by atoms with E-state index in [4.69, 9.17) is 0 Å². The smallest absolute Gasteiger partial charge is 0.274 e. The second kappa shape index (κ2) is 8.03. The Morgan fingerprint density at radius 3 is 2.59 bits per heavy atom. The van der Waals surface area contributed by atoms with E-state index in [0.717, 1.165) is 24.2 Å². The molecular formula is C24H19F3N4O. The SMILES string of the molecule is O=C(Nc1ccc(F)cc1)c1cnc2ccc(N3CCCC3c3cc(F)ccc3F)cn12. The maximum Gasteiger partial charge on any atom is 0.274 e. The summed E-state index contributed by atoms with van der Waals surface area (Å²) in [4.78, 5) is 19.1. The van der Waals surface area contributed by atoms with E-state index < -0.39 is 23.4 Å². The van der Waals surface area contributed by atoms with Crippen molar-refractivity contribution in [1.82, 2.24) is 9.38 Å². The van der Waals surface area contributed by atoms with E-state index in [9.17, 15) is 18.0 Å². The van der Waals surface area contributed by atoms with Gasteiger partial charge in [0, 0.05) is 24.0 Å². The van der Waals surface area contributed by atoms with Crippen molar-refractivity contribution < 1.29 is 18.0 Å². The highest BCUT2D eigenvalue weighted by atomic mass is 19.1. The first-order valence-corrected chi connectivity index (χ1v) is 10.3. The van der Waals surface area contributed by atoms with Crippen molar-refractivity contribution >= 4 is 22.9 Å². The minimum atomic E-state index is -0.474. The van der Waals surface area contributed by atoms with Crippen LogP contribution in [0.25, 0.3) is 5.65 Å². The Labute approximate surface area is 182 Å². The summed E-state index contributed by atoms with van der Waals surface area (Å²) in [7, 11) is 0. The number of amides is 1. The first-order chi connectivity index (χ1) is 15.5. The second-order valence-corrected chi connectivity index (χ2v) is 7.74. The Morgan fingerprint density at radius 2 is 1.78 bits per heavy atom. The zero-order valence-electron chi connectivity index (χ0n) is 16.9. The van der Waals surface area contributed by atoms with E-state index >= 15 is 0 Å². The Bertz CT molecular complexity index is 1300. The van der Waals surface area contributed by atoms with Crippen LogP contribution in [0.4, 0.5) is 24.5 Å². The number of fused-ring (bicyclic) bond motifs is 1. The monoisotopic (exact) mass is 436 g/mol. The third-order valence-corrected chi connectivity index (χ3v) is 5.73. The van der Waals surface area contributed by atoms with Gasteiger partial charge in [0.2, 0.25) is 0 Å². The van der Waals surface area contributed by atoms with E-state index in [1.54, 1.807) is 16.7 Å². The highest BCUT2D eigenvalue weighted by molar-refractivity contribution is 6.03. The molecule has 0 aliphatic carbocycles. The van der Waals surface area contributed by atoms with Crippen molar-refractivity contribution in [2.45, 2.75) is 18.9 Å². The first kappa shape index (κ1) is 20.1. The van der Waals surface area contributed by atoms with Crippen molar-refractivity contribution in [2.75, 3.05) is 16.8 Å². The molecule has 1 amide bonds. The number of anilines is 2. The fraction of sp³-hybridized carbons (Fsp3) is 0.167. The van der Waals surface area contributed by atoms with E-state index in [1.807, 2.05) is 11.0 Å². The normalized spacial score (nSPS) is 16.0. The van der Waals surface area contributed by atoms with Crippen LogP contribution in [0, 0.1) is 17.5 Å². The second-order valence-electron chi connectivity index (χ2n) is 7.74. The number of carbonyl (C=O) groups is 1. The van der Waals surface area contributed by atoms with Gasteiger partial charge in [-0.1, -0.05) is 0 Å². The highest BCUT2D eigenvalue weighted by Gasteiger charge is 2.29. The number of aromatic nitrogens is 2. The molecule has 0 bridgehead atoms. The molecular weight excluding hydrogens is 417 g/mol. The maximum atomic E-state index is 14.4. The molecule has 162 valence electrons. The Morgan fingerprint density at radius 1 is 1.00 bits per heavy atom. The lowest BCUT2D eigenvalue weighted by atomic mass is 10.0. The number of halogens is 3. The molecule has 1 aliphatic rings. The Kier molecular flexibility index (Phi) is 5.05. The summed E-state index contributed by atoms with van der Waals surface area (Å²) in [5, 5.41) is 2.73. The summed E-state index contributed by atoms with van der Waals surface area (Å²) in [6.45, 7) is 0.679.